The van der Waals surface area contributed by atoms with Crippen LogP contribution in [-0.2, 0) is 6.54 Å². The van der Waals surface area contributed by atoms with Crippen molar-refractivity contribution in [3.8, 4) is 5.69 Å². The van der Waals surface area contributed by atoms with Gasteiger partial charge in [0.05, 0.1) is 15.5 Å². The summed E-state index contributed by atoms with van der Waals surface area (Å²) in [6.07, 6.45) is 6.11. The van der Waals surface area contributed by atoms with Crippen LogP contribution in [0.2, 0.25) is 0 Å². The lowest BCUT2D eigenvalue weighted by Gasteiger charge is -2.07. The predicted octanol–water partition coefficient (Wildman–Crippen LogP) is 2.87. The van der Waals surface area contributed by atoms with Crippen LogP contribution in [-0.4, -0.2) is 15.8 Å². The van der Waals surface area contributed by atoms with E-state index in [1.165, 1.54) is 18.9 Å². The van der Waals surface area contributed by atoms with E-state index in [0.29, 0.717) is 12.6 Å². The number of hydrogen-bond acceptors (Lipinski definition) is 2. The Morgan fingerprint density at radius 1 is 1.39 bits per heavy atom. The van der Waals surface area contributed by atoms with E-state index in [1.807, 2.05) is 12.3 Å². The normalized spacial score (nSPS) is 15.0. The average Bonchev–Trinajstić information content (AvgIpc) is 3.07. The third-order valence-corrected chi connectivity index (χ3v) is 3.49. The second kappa shape index (κ2) is 4.97. The van der Waals surface area contributed by atoms with Gasteiger partial charge in [-0.15, -0.1) is 0 Å². The quantitative estimate of drug-likeness (QED) is 0.853. The molecule has 1 aromatic heterocycles. The van der Waals surface area contributed by atoms with Crippen LogP contribution in [0.1, 0.15) is 18.4 Å². The van der Waals surface area contributed by atoms with Crippen LogP contribution in [0.5, 0.6) is 0 Å². The summed E-state index contributed by atoms with van der Waals surface area (Å²) in [6.45, 7) is 0.716. The number of hydrogen-bond donors (Lipinski definition) is 1. The van der Waals surface area contributed by atoms with E-state index >= 15 is 0 Å². The van der Waals surface area contributed by atoms with Crippen LogP contribution in [0, 0.1) is 9.39 Å². The Balaban J connectivity index is 1.84. The van der Waals surface area contributed by atoms with Crippen LogP contribution in [0.25, 0.3) is 5.69 Å². The third-order valence-electron chi connectivity index (χ3n) is 2.93. The molecule has 0 aliphatic heterocycles. The van der Waals surface area contributed by atoms with Crippen molar-refractivity contribution in [3.05, 3.63) is 45.5 Å². The third kappa shape index (κ3) is 2.89. The van der Waals surface area contributed by atoms with Gasteiger partial charge in [-0.05, 0) is 59.2 Å². The van der Waals surface area contributed by atoms with Crippen molar-refractivity contribution < 1.29 is 4.39 Å². The molecule has 3 nitrogen and oxygen atoms in total. The van der Waals surface area contributed by atoms with E-state index in [2.05, 4.69) is 33.0 Å². The van der Waals surface area contributed by atoms with Gasteiger partial charge >= 0.3 is 0 Å². The summed E-state index contributed by atoms with van der Waals surface area (Å²) in [5.41, 5.74) is 1.73. The molecule has 1 aliphatic rings. The first-order valence-corrected chi connectivity index (χ1v) is 7.02. The van der Waals surface area contributed by atoms with Crippen molar-refractivity contribution in [2.75, 3.05) is 0 Å². The minimum absolute atomic E-state index is 0.217. The Labute approximate surface area is 119 Å². The zero-order chi connectivity index (χ0) is 12.5. The molecular formula is C13H13FIN3. The van der Waals surface area contributed by atoms with E-state index in [0.717, 1.165) is 14.8 Å². The van der Waals surface area contributed by atoms with Gasteiger partial charge in [-0.2, -0.15) is 5.10 Å². The highest BCUT2D eigenvalue weighted by Gasteiger charge is 2.20. The van der Waals surface area contributed by atoms with Gasteiger partial charge in [-0.3, -0.25) is 0 Å². The van der Waals surface area contributed by atoms with Crippen molar-refractivity contribution in [2.24, 2.45) is 0 Å². The lowest BCUT2D eigenvalue weighted by molar-refractivity contribution is 0.617. The minimum atomic E-state index is -0.217. The number of benzene rings is 1. The fourth-order valence-corrected chi connectivity index (χ4v) is 2.25. The van der Waals surface area contributed by atoms with Crippen LogP contribution in [0.3, 0.4) is 0 Å². The lowest BCUT2D eigenvalue weighted by atomic mass is 10.2. The van der Waals surface area contributed by atoms with E-state index in [9.17, 15) is 4.39 Å². The fraction of sp³-hybridized carbons (Fsp3) is 0.308. The standard InChI is InChI=1S/C13H13FIN3/c14-10-3-9(6-16-12-1-2-12)4-13(5-10)18-8-11(15)7-17-18/h3-5,7-8,12,16H,1-2,6H2. The molecule has 1 heterocycles. The topological polar surface area (TPSA) is 29.9 Å². The molecule has 1 aliphatic carbocycles. The Bertz CT molecular complexity index is 563. The number of nitrogens with zero attached hydrogens (tertiary/aromatic N) is 2. The van der Waals surface area contributed by atoms with Crippen molar-refractivity contribution in [3.63, 3.8) is 0 Å². The molecule has 1 N–H and O–H groups in total. The number of nitrogens with one attached hydrogen (secondary N) is 1. The van der Waals surface area contributed by atoms with Crippen molar-refractivity contribution in [1.82, 2.24) is 15.1 Å². The number of halogens is 2. The van der Waals surface area contributed by atoms with Gasteiger partial charge in [-0.25, -0.2) is 9.07 Å². The van der Waals surface area contributed by atoms with Gasteiger partial charge in [0.15, 0.2) is 0 Å². The molecule has 1 fully saturated rings. The summed E-state index contributed by atoms with van der Waals surface area (Å²) < 4.78 is 16.3. The van der Waals surface area contributed by atoms with Crippen molar-refractivity contribution in [2.45, 2.75) is 25.4 Å². The highest BCUT2D eigenvalue weighted by atomic mass is 127. The summed E-state index contributed by atoms with van der Waals surface area (Å²) in [5.74, 6) is -0.217. The first-order chi connectivity index (χ1) is 8.70. The fourth-order valence-electron chi connectivity index (χ4n) is 1.86. The predicted molar refractivity (Wildman–Crippen MR) is 76.1 cm³/mol. The molecule has 1 aromatic carbocycles. The molecule has 0 bridgehead atoms. The summed E-state index contributed by atoms with van der Waals surface area (Å²) >= 11 is 2.19. The largest absolute Gasteiger partial charge is 0.310 e. The molecule has 94 valence electrons. The second-order valence-corrected chi connectivity index (χ2v) is 5.82. The Hall–Kier alpha value is -0.950. The van der Waals surface area contributed by atoms with Gasteiger partial charge < -0.3 is 5.32 Å². The molecule has 3 rings (SSSR count). The maximum Gasteiger partial charge on any atom is 0.125 e. The molecule has 1 saturated carbocycles. The van der Waals surface area contributed by atoms with Gasteiger partial charge in [0, 0.05) is 18.8 Å². The molecule has 0 atom stereocenters. The number of aromatic nitrogens is 2. The van der Waals surface area contributed by atoms with E-state index in [1.54, 1.807) is 16.9 Å². The molecule has 0 amide bonds. The highest BCUT2D eigenvalue weighted by Crippen LogP contribution is 2.20. The monoisotopic (exact) mass is 357 g/mol. The molecule has 0 unspecified atom stereocenters. The maximum atomic E-state index is 13.6. The van der Waals surface area contributed by atoms with Crippen molar-refractivity contribution >= 4 is 22.6 Å². The van der Waals surface area contributed by atoms with Gasteiger partial charge in [0.25, 0.3) is 0 Å². The van der Waals surface area contributed by atoms with E-state index in [4.69, 9.17) is 0 Å². The van der Waals surface area contributed by atoms with E-state index < -0.39 is 0 Å². The van der Waals surface area contributed by atoms with Crippen LogP contribution >= 0.6 is 22.6 Å². The van der Waals surface area contributed by atoms with Crippen molar-refractivity contribution in [1.29, 1.82) is 0 Å². The van der Waals surface area contributed by atoms with Gasteiger partial charge in [-0.1, -0.05) is 0 Å². The molecule has 0 spiro atoms. The summed E-state index contributed by atoms with van der Waals surface area (Å²) in [5, 5.41) is 7.58. The molecule has 0 radical (unpaired) electrons. The van der Waals surface area contributed by atoms with Crippen LogP contribution < -0.4 is 5.32 Å². The Morgan fingerprint density at radius 2 is 2.22 bits per heavy atom. The second-order valence-electron chi connectivity index (χ2n) is 4.58. The zero-order valence-electron chi connectivity index (χ0n) is 9.74. The lowest BCUT2D eigenvalue weighted by Crippen LogP contribution is -2.15. The van der Waals surface area contributed by atoms with Crippen LogP contribution in [0.15, 0.2) is 30.6 Å². The summed E-state index contributed by atoms with van der Waals surface area (Å²) in [4.78, 5) is 0. The SMILES string of the molecule is Fc1cc(CNC2CC2)cc(-n2cc(I)cn2)c1. The smallest absolute Gasteiger partial charge is 0.125 e. The van der Waals surface area contributed by atoms with Gasteiger partial charge in [0.1, 0.15) is 5.82 Å². The molecule has 5 heteroatoms. The first kappa shape index (κ1) is 12.1. The first-order valence-electron chi connectivity index (χ1n) is 5.94. The average molecular weight is 357 g/mol. The van der Waals surface area contributed by atoms with Crippen LogP contribution in [0.4, 0.5) is 4.39 Å². The summed E-state index contributed by atoms with van der Waals surface area (Å²) in [6, 6.07) is 5.68. The number of rotatable bonds is 4. The van der Waals surface area contributed by atoms with Gasteiger partial charge in [0.2, 0.25) is 0 Å². The molecular weight excluding hydrogens is 344 g/mol. The molecule has 2 aromatic rings. The zero-order valence-corrected chi connectivity index (χ0v) is 11.9. The summed E-state index contributed by atoms with van der Waals surface area (Å²) in [7, 11) is 0. The Kier molecular flexibility index (Phi) is 3.34. The highest BCUT2D eigenvalue weighted by molar-refractivity contribution is 14.1. The van der Waals surface area contributed by atoms with E-state index in [-0.39, 0.29) is 5.82 Å². The Morgan fingerprint density at radius 3 is 2.89 bits per heavy atom. The minimum Gasteiger partial charge on any atom is -0.310 e. The molecule has 18 heavy (non-hydrogen) atoms. The maximum absolute atomic E-state index is 13.6. The molecule has 0 saturated heterocycles.